The van der Waals surface area contributed by atoms with Gasteiger partial charge < -0.3 is 11.1 Å². The molecule has 0 aliphatic rings. The van der Waals surface area contributed by atoms with Crippen molar-refractivity contribution in [1.82, 2.24) is 0 Å². The van der Waals surface area contributed by atoms with Crippen LogP contribution in [0.4, 0.5) is 10.1 Å². The van der Waals surface area contributed by atoms with Gasteiger partial charge in [-0.1, -0.05) is 0 Å². The Bertz CT molecular complexity index is 233. The highest BCUT2D eigenvalue weighted by molar-refractivity contribution is 5.43. The maximum Gasteiger partial charge on any atom is 0.123 e. The molecule has 1 aromatic carbocycles. The summed E-state index contributed by atoms with van der Waals surface area (Å²) in [6.45, 7) is 2.54. The third kappa shape index (κ3) is 2.51. The number of hydrogen-bond acceptors (Lipinski definition) is 2. The summed E-state index contributed by atoms with van der Waals surface area (Å²) >= 11 is 0. The largest absolute Gasteiger partial charge is 0.381 e. The highest BCUT2D eigenvalue weighted by atomic mass is 19.1. The molecule has 0 amide bonds. The molecule has 3 heteroatoms. The van der Waals surface area contributed by atoms with Crippen molar-refractivity contribution in [2.75, 3.05) is 11.9 Å². The van der Waals surface area contributed by atoms with E-state index in [2.05, 4.69) is 5.32 Å². The van der Waals surface area contributed by atoms with Gasteiger partial charge in [0.2, 0.25) is 0 Å². The van der Waals surface area contributed by atoms with E-state index >= 15 is 0 Å². The van der Waals surface area contributed by atoms with E-state index in [9.17, 15) is 4.39 Å². The van der Waals surface area contributed by atoms with Crippen LogP contribution in [0.25, 0.3) is 0 Å². The van der Waals surface area contributed by atoms with Crippen LogP contribution in [-0.2, 0) is 0 Å². The maximum absolute atomic E-state index is 12.5. The van der Waals surface area contributed by atoms with Gasteiger partial charge >= 0.3 is 0 Å². The molecule has 0 radical (unpaired) electrons. The second-order valence-electron chi connectivity index (χ2n) is 2.79. The van der Waals surface area contributed by atoms with Crippen molar-refractivity contribution in [3.63, 3.8) is 0 Å². The molecule has 1 rings (SSSR count). The lowest BCUT2D eigenvalue weighted by molar-refractivity contribution is 0.628. The summed E-state index contributed by atoms with van der Waals surface area (Å²) in [4.78, 5) is 0. The van der Waals surface area contributed by atoms with Gasteiger partial charge in [0.05, 0.1) is 0 Å². The van der Waals surface area contributed by atoms with E-state index in [1.54, 1.807) is 12.1 Å². The first-order chi connectivity index (χ1) is 5.72. The summed E-state index contributed by atoms with van der Waals surface area (Å²) < 4.78 is 12.5. The van der Waals surface area contributed by atoms with Gasteiger partial charge in [0.15, 0.2) is 0 Å². The zero-order valence-electron chi connectivity index (χ0n) is 7.05. The first-order valence-corrected chi connectivity index (χ1v) is 3.94. The highest BCUT2D eigenvalue weighted by Gasteiger charge is 1.97. The summed E-state index contributed by atoms with van der Waals surface area (Å²) in [7, 11) is 0. The molecule has 3 N–H and O–H groups in total. The van der Waals surface area contributed by atoms with Gasteiger partial charge in [-0.3, -0.25) is 0 Å². The van der Waals surface area contributed by atoms with Crippen LogP contribution in [0.2, 0.25) is 0 Å². The van der Waals surface area contributed by atoms with E-state index in [4.69, 9.17) is 5.73 Å². The molecule has 0 spiro atoms. The standard InChI is InChI=1S/C9H13FN2/c1-7(6-11)12-9-4-2-8(10)3-5-9/h2-5,7,12H,6,11H2,1H3. The number of benzene rings is 1. The Hall–Kier alpha value is -1.09. The molecule has 0 fully saturated rings. The lowest BCUT2D eigenvalue weighted by Gasteiger charge is -2.12. The van der Waals surface area contributed by atoms with Crippen LogP contribution in [-0.4, -0.2) is 12.6 Å². The van der Waals surface area contributed by atoms with Crippen LogP contribution < -0.4 is 11.1 Å². The normalized spacial score (nSPS) is 12.6. The molecule has 0 aliphatic heterocycles. The van der Waals surface area contributed by atoms with Gasteiger partial charge in [0, 0.05) is 18.3 Å². The fourth-order valence-corrected chi connectivity index (χ4v) is 0.890. The summed E-state index contributed by atoms with van der Waals surface area (Å²) in [6.07, 6.45) is 0. The second kappa shape index (κ2) is 4.07. The van der Waals surface area contributed by atoms with Crippen LogP contribution in [0, 0.1) is 5.82 Å². The molecule has 0 saturated carbocycles. The average molecular weight is 168 g/mol. The minimum atomic E-state index is -0.221. The molecule has 1 unspecified atom stereocenters. The Morgan fingerprint density at radius 1 is 1.42 bits per heavy atom. The zero-order valence-corrected chi connectivity index (χ0v) is 7.05. The number of anilines is 1. The van der Waals surface area contributed by atoms with E-state index in [1.807, 2.05) is 6.92 Å². The minimum absolute atomic E-state index is 0.218. The van der Waals surface area contributed by atoms with Crippen LogP contribution >= 0.6 is 0 Å². The van der Waals surface area contributed by atoms with Gasteiger partial charge in [-0.2, -0.15) is 0 Å². The average Bonchev–Trinajstić information content (AvgIpc) is 2.09. The van der Waals surface area contributed by atoms with Gasteiger partial charge in [0.25, 0.3) is 0 Å². The van der Waals surface area contributed by atoms with Gasteiger partial charge in [-0.15, -0.1) is 0 Å². The Balaban J connectivity index is 2.58. The summed E-state index contributed by atoms with van der Waals surface area (Å²) in [5.41, 5.74) is 6.31. The van der Waals surface area contributed by atoms with E-state index in [1.165, 1.54) is 12.1 Å². The second-order valence-corrected chi connectivity index (χ2v) is 2.79. The van der Waals surface area contributed by atoms with E-state index in [-0.39, 0.29) is 11.9 Å². The lowest BCUT2D eigenvalue weighted by atomic mass is 10.2. The fraction of sp³-hybridized carbons (Fsp3) is 0.333. The molecule has 12 heavy (non-hydrogen) atoms. The molecule has 66 valence electrons. The Morgan fingerprint density at radius 3 is 2.50 bits per heavy atom. The van der Waals surface area contributed by atoms with Gasteiger partial charge in [-0.25, -0.2) is 4.39 Å². The third-order valence-electron chi connectivity index (χ3n) is 1.61. The van der Waals surface area contributed by atoms with Crippen molar-refractivity contribution < 1.29 is 4.39 Å². The lowest BCUT2D eigenvalue weighted by Crippen LogP contribution is -2.24. The smallest absolute Gasteiger partial charge is 0.123 e. The highest BCUT2D eigenvalue weighted by Crippen LogP contribution is 2.08. The quantitative estimate of drug-likeness (QED) is 0.719. The van der Waals surface area contributed by atoms with E-state index in [0.29, 0.717) is 6.54 Å². The van der Waals surface area contributed by atoms with Crippen molar-refractivity contribution in [1.29, 1.82) is 0 Å². The maximum atomic E-state index is 12.5. The molecule has 0 aliphatic carbocycles. The minimum Gasteiger partial charge on any atom is -0.381 e. The monoisotopic (exact) mass is 168 g/mol. The SMILES string of the molecule is CC(CN)Nc1ccc(F)cc1. The van der Waals surface area contributed by atoms with Crippen LogP contribution in [0.3, 0.4) is 0 Å². The predicted octanol–water partition coefficient (Wildman–Crippen LogP) is 1.58. The Morgan fingerprint density at radius 2 is 2.00 bits per heavy atom. The molecular formula is C9H13FN2. The molecule has 0 saturated heterocycles. The topological polar surface area (TPSA) is 38.0 Å². The van der Waals surface area contributed by atoms with Gasteiger partial charge in [0.1, 0.15) is 5.82 Å². The molecule has 1 aromatic rings. The van der Waals surface area contributed by atoms with E-state index < -0.39 is 0 Å². The molecular weight excluding hydrogens is 155 g/mol. The van der Waals surface area contributed by atoms with Gasteiger partial charge in [-0.05, 0) is 31.2 Å². The first-order valence-electron chi connectivity index (χ1n) is 3.94. The molecule has 0 aromatic heterocycles. The molecule has 0 bridgehead atoms. The molecule has 1 atom stereocenters. The Labute approximate surface area is 71.6 Å². The van der Waals surface area contributed by atoms with Crippen molar-refractivity contribution in [2.45, 2.75) is 13.0 Å². The molecule has 2 nitrogen and oxygen atoms in total. The number of halogens is 1. The first kappa shape index (κ1) is 9.00. The van der Waals surface area contributed by atoms with Crippen molar-refractivity contribution in [2.24, 2.45) is 5.73 Å². The summed E-state index contributed by atoms with van der Waals surface area (Å²) in [6, 6.07) is 6.45. The number of hydrogen-bond donors (Lipinski definition) is 2. The van der Waals surface area contributed by atoms with Crippen molar-refractivity contribution in [3.05, 3.63) is 30.1 Å². The Kier molecular flexibility index (Phi) is 3.05. The zero-order chi connectivity index (χ0) is 8.97. The number of nitrogens with two attached hydrogens (primary N) is 1. The summed E-state index contributed by atoms with van der Waals surface area (Å²) in [5, 5.41) is 3.13. The predicted molar refractivity (Wildman–Crippen MR) is 48.5 cm³/mol. The van der Waals surface area contributed by atoms with Crippen LogP contribution in [0.5, 0.6) is 0 Å². The molecule has 0 heterocycles. The van der Waals surface area contributed by atoms with E-state index in [0.717, 1.165) is 5.69 Å². The van der Waals surface area contributed by atoms with Crippen LogP contribution in [0.1, 0.15) is 6.92 Å². The number of rotatable bonds is 3. The number of nitrogens with one attached hydrogen (secondary N) is 1. The van der Waals surface area contributed by atoms with Crippen molar-refractivity contribution in [3.8, 4) is 0 Å². The third-order valence-corrected chi connectivity index (χ3v) is 1.61. The fourth-order valence-electron chi connectivity index (χ4n) is 0.890. The van der Waals surface area contributed by atoms with Crippen LogP contribution in [0.15, 0.2) is 24.3 Å². The summed E-state index contributed by atoms with van der Waals surface area (Å²) in [5.74, 6) is -0.221. The van der Waals surface area contributed by atoms with Crippen molar-refractivity contribution >= 4 is 5.69 Å².